The second-order valence-corrected chi connectivity index (χ2v) is 5.45. The molecule has 100 valence electrons. The SMILES string of the molecule is COC(=O)c1ccc(Cn2c(C)c(C)sc2=O)cc1. The van der Waals surface area contributed by atoms with Gasteiger partial charge in [-0.1, -0.05) is 23.5 Å². The Labute approximate surface area is 115 Å². The third-order valence-corrected chi connectivity index (χ3v) is 4.09. The Kier molecular flexibility index (Phi) is 3.85. The summed E-state index contributed by atoms with van der Waals surface area (Å²) in [5, 5.41) is 0. The molecule has 1 aromatic heterocycles. The minimum Gasteiger partial charge on any atom is -0.465 e. The minimum atomic E-state index is -0.355. The molecule has 0 radical (unpaired) electrons. The molecule has 0 amide bonds. The molecule has 0 saturated heterocycles. The van der Waals surface area contributed by atoms with Crippen molar-refractivity contribution in [3.05, 3.63) is 55.6 Å². The van der Waals surface area contributed by atoms with Crippen molar-refractivity contribution in [2.24, 2.45) is 0 Å². The van der Waals surface area contributed by atoms with Gasteiger partial charge in [0.1, 0.15) is 0 Å². The minimum absolute atomic E-state index is 0.0482. The highest BCUT2D eigenvalue weighted by Gasteiger charge is 2.09. The molecule has 19 heavy (non-hydrogen) atoms. The number of carbonyl (C=O) groups is 1. The molecular formula is C14H15NO3S. The second kappa shape index (κ2) is 5.40. The monoisotopic (exact) mass is 277 g/mol. The van der Waals surface area contributed by atoms with Gasteiger partial charge in [-0.25, -0.2) is 4.79 Å². The molecule has 1 aromatic carbocycles. The van der Waals surface area contributed by atoms with E-state index in [1.54, 1.807) is 16.7 Å². The highest BCUT2D eigenvalue weighted by atomic mass is 32.1. The summed E-state index contributed by atoms with van der Waals surface area (Å²) in [5.41, 5.74) is 2.49. The lowest BCUT2D eigenvalue weighted by Gasteiger charge is -2.06. The third-order valence-electron chi connectivity index (χ3n) is 3.09. The number of ether oxygens (including phenoxy) is 1. The number of rotatable bonds is 3. The van der Waals surface area contributed by atoms with Crippen LogP contribution in [0.2, 0.25) is 0 Å². The number of benzene rings is 1. The van der Waals surface area contributed by atoms with E-state index in [1.165, 1.54) is 18.4 Å². The number of esters is 1. The molecule has 0 saturated carbocycles. The molecular weight excluding hydrogens is 262 g/mol. The molecule has 0 fully saturated rings. The van der Waals surface area contributed by atoms with Crippen molar-refractivity contribution in [2.75, 3.05) is 7.11 Å². The van der Waals surface area contributed by atoms with Gasteiger partial charge < -0.3 is 4.74 Å². The number of aromatic nitrogens is 1. The zero-order valence-electron chi connectivity index (χ0n) is 11.1. The van der Waals surface area contributed by atoms with Crippen molar-refractivity contribution >= 4 is 17.3 Å². The molecule has 0 bridgehead atoms. The van der Waals surface area contributed by atoms with Gasteiger partial charge >= 0.3 is 10.8 Å². The summed E-state index contributed by atoms with van der Waals surface area (Å²) in [6.45, 7) is 4.41. The van der Waals surface area contributed by atoms with Crippen molar-refractivity contribution in [2.45, 2.75) is 20.4 Å². The maximum Gasteiger partial charge on any atom is 0.337 e. The maximum atomic E-state index is 11.8. The fourth-order valence-electron chi connectivity index (χ4n) is 1.82. The number of aryl methyl sites for hydroxylation is 1. The summed E-state index contributed by atoms with van der Waals surface area (Å²) in [5.74, 6) is -0.355. The molecule has 2 rings (SSSR count). The number of hydrogen-bond acceptors (Lipinski definition) is 4. The van der Waals surface area contributed by atoms with Crippen molar-refractivity contribution in [1.29, 1.82) is 0 Å². The molecule has 1 heterocycles. The first-order valence-electron chi connectivity index (χ1n) is 5.87. The van der Waals surface area contributed by atoms with Crippen molar-refractivity contribution < 1.29 is 9.53 Å². The van der Waals surface area contributed by atoms with Crippen LogP contribution in [0, 0.1) is 13.8 Å². The lowest BCUT2D eigenvalue weighted by Crippen LogP contribution is -2.15. The first kappa shape index (κ1) is 13.5. The van der Waals surface area contributed by atoms with E-state index in [0.29, 0.717) is 12.1 Å². The van der Waals surface area contributed by atoms with Gasteiger partial charge in [-0.15, -0.1) is 0 Å². The van der Waals surface area contributed by atoms with Gasteiger partial charge in [-0.2, -0.15) is 0 Å². The van der Waals surface area contributed by atoms with Gasteiger partial charge in [0.25, 0.3) is 0 Å². The van der Waals surface area contributed by atoms with Gasteiger partial charge in [-0.05, 0) is 31.5 Å². The standard InChI is InChI=1S/C14H15NO3S/c1-9-10(2)19-14(17)15(9)8-11-4-6-12(7-5-11)13(16)18-3/h4-7H,8H2,1-3H3. The van der Waals surface area contributed by atoms with Crippen molar-refractivity contribution in [1.82, 2.24) is 4.57 Å². The molecule has 0 N–H and O–H groups in total. The van der Waals surface area contributed by atoms with Crippen LogP contribution in [0.4, 0.5) is 0 Å². The Morgan fingerprint density at radius 2 is 1.89 bits per heavy atom. The molecule has 0 spiro atoms. The van der Waals surface area contributed by atoms with Crippen LogP contribution >= 0.6 is 11.3 Å². The van der Waals surface area contributed by atoms with Crippen molar-refractivity contribution in [3.8, 4) is 0 Å². The number of hydrogen-bond donors (Lipinski definition) is 0. The van der Waals surface area contributed by atoms with E-state index >= 15 is 0 Å². The summed E-state index contributed by atoms with van der Waals surface area (Å²) in [6.07, 6.45) is 0. The predicted octanol–water partition coefficient (Wildman–Crippen LogP) is 2.36. The van der Waals surface area contributed by atoms with E-state index in [4.69, 9.17) is 0 Å². The average Bonchev–Trinajstić information content (AvgIpc) is 2.65. The summed E-state index contributed by atoms with van der Waals surface area (Å²) < 4.78 is 6.39. The van der Waals surface area contributed by atoms with Crippen LogP contribution in [-0.4, -0.2) is 17.6 Å². The molecule has 0 aliphatic rings. The van der Waals surface area contributed by atoms with Crippen LogP contribution in [0.1, 0.15) is 26.5 Å². The molecule has 2 aromatic rings. The highest BCUT2D eigenvalue weighted by Crippen LogP contribution is 2.12. The van der Waals surface area contributed by atoms with Gasteiger partial charge in [0, 0.05) is 10.6 Å². The van der Waals surface area contributed by atoms with Gasteiger partial charge in [0.05, 0.1) is 19.2 Å². The molecule has 0 atom stereocenters. The van der Waals surface area contributed by atoms with Crippen molar-refractivity contribution in [3.63, 3.8) is 0 Å². The molecule has 5 heteroatoms. The highest BCUT2D eigenvalue weighted by molar-refractivity contribution is 7.09. The first-order valence-corrected chi connectivity index (χ1v) is 6.68. The van der Waals surface area contributed by atoms with Crippen LogP contribution in [-0.2, 0) is 11.3 Å². The maximum absolute atomic E-state index is 11.8. The van der Waals surface area contributed by atoms with E-state index in [-0.39, 0.29) is 10.8 Å². The van der Waals surface area contributed by atoms with E-state index in [9.17, 15) is 9.59 Å². The van der Waals surface area contributed by atoms with Crippen LogP contribution in [0.3, 0.4) is 0 Å². The summed E-state index contributed by atoms with van der Waals surface area (Å²) in [4.78, 5) is 24.2. The first-order chi connectivity index (χ1) is 9.02. The van der Waals surface area contributed by atoms with Gasteiger partial charge in [0.15, 0.2) is 0 Å². The van der Waals surface area contributed by atoms with E-state index in [2.05, 4.69) is 4.74 Å². The van der Waals surface area contributed by atoms with E-state index in [0.717, 1.165) is 16.1 Å². The summed E-state index contributed by atoms with van der Waals surface area (Å²) in [7, 11) is 1.35. The zero-order valence-corrected chi connectivity index (χ0v) is 11.9. The Balaban J connectivity index is 2.25. The number of nitrogens with zero attached hydrogens (tertiary/aromatic N) is 1. The molecule has 0 unspecified atom stereocenters. The zero-order chi connectivity index (χ0) is 14.0. The molecule has 0 aliphatic heterocycles. The quantitative estimate of drug-likeness (QED) is 0.809. The van der Waals surface area contributed by atoms with E-state index in [1.807, 2.05) is 26.0 Å². The Morgan fingerprint density at radius 3 is 2.37 bits per heavy atom. The van der Waals surface area contributed by atoms with Crippen LogP contribution in [0.25, 0.3) is 0 Å². The fraction of sp³-hybridized carbons (Fsp3) is 0.286. The average molecular weight is 277 g/mol. The van der Waals surface area contributed by atoms with E-state index < -0.39 is 0 Å². The fourth-order valence-corrected chi connectivity index (χ4v) is 2.65. The number of thiazole rings is 1. The largest absolute Gasteiger partial charge is 0.465 e. The Bertz CT molecular complexity index is 652. The Hall–Kier alpha value is -1.88. The number of methoxy groups -OCH3 is 1. The summed E-state index contributed by atoms with van der Waals surface area (Å²) in [6, 6.07) is 7.10. The predicted molar refractivity (Wildman–Crippen MR) is 74.9 cm³/mol. The van der Waals surface area contributed by atoms with Crippen LogP contribution in [0.5, 0.6) is 0 Å². The lowest BCUT2D eigenvalue weighted by atomic mass is 10.1. The van der Waals surface area contributed by atoms with Crippen LogP contribution in [0.15, 0.2) is 29.1 Å². The Morgan fingerprint density at radius 1 is 1.26 bits per heavy atom. The van der Waals surface area contributed by atoms with Gasteiger partial charge in [-0.3, -0.25) is 9.36 Å². The third kappa shape index (κ3) is 2.76. The topological polar surface area (TPSA) is 48.3 Å². The lowest BCUT2D eigenvalue weighted by molar-refractivity contribution is 0.0600. The smallest absolute Gasteiger partial charge is 0.337 e. The molecule has 0 aliphatic carbocycles. The van der Waals surface area contributed by atoms with Gasteiger partial charge in [0.2, 0.25) is 0 Å². The molecule has 4 nitrogen and oxygen atoms in total. The second-order valence-electron chi connectivity index (χ2n) is 4.28. The normalized spacial score (nSPS) is 10.5. The number of carbonyl (C=O) groups excluding carboxylic acids is 1. The van der Waals surface area contributed by atoms with Crippen LogP contribution < -0.4 is 4.87 Å². The summed E-state index contributed by atoms with van der Waals surface area (Å²) >= 11 is 1.26.